The van der Waals surface area contributed by atoms with Gasteiger partial charge in [-0.3, -0.25) is 4.79 Å². The first-order valence-electron chi connectivity index (χ1n) is 7.75. The predicted molar refractivity (Wildman–Crippen MR) is 78.9 cm³/mol. The molecule has 3 rings (SSSR count). The number of ketones is 1. The smallest absolute Gasteiger partial charge is 0.138 e. The molecule has 3 heteroatoms. The van der Waals surface area contributed by atoms with Crippen LogP contribution >= 0.6 is 0 Å². The van der Waals surface area contributed by atoms with Crippen LogP contribution in [0.3, 0.4) is 0 Å². The van der Waals surface area contributed by atoms with Gasteiger partial charge >= 0.3 is 0 Å². The highest BCUT2D eigenvalue weighted by Gasteiger charge is 2.31. The van der Waals surface area contributed by atoms with Crippen LogP contribution < -0.4 is 10.5 Å². The molecule has 1 aromatic rings. The number of benzene rings is 1. The van der Waals surface area contributed by atoms with Crippen LogP contribution in [0.15, 0.2) is 24.3 Å². The van der Waals surface area contributed by atoms with Crippen molar-refractivity contribution < 1.29 is 9.53 Å². The molecule has 3 nitrogen and oxygen atoms in total. The molecule has 0 saturated heterocycles. The minimum atomic E-state index is 0.0753. The van der Waals surface area contributed by atoms with Crippen molar-refractivity contribution in [2.24, 2.45) is 11.7 Å². The Labute approximate surface area is 120 Å². The molecular weight excluding hydrogens is 250 g/mol. The minimum absolute atomic E-state index is 0.0753. The van der Waals surface area contributed by atoms with Crippen molar-refractivity contribution in [3.8, 4) is 5.75 Å². The van der Waals surface area contributed by atoms with E-state index in [0.717, 1.165) is 31.4 Å². The van der Waals surface area contributed by atoms with Gasteiger partial charge in [-0.25, -0.2) is 0 Å². The molecule has 0 aromatic heterocycles. The number of fused-ring (bicyclic) bond motifs is 1. The summed E-state index contributed by atoms with van der Waals surface area (Å²) in [5, 5.41) is 0. The lowest BCUT2D eigenvalue weighted by Gasteiger charge is -2.30. The Bertz CT molecular complexity index is 486. The molecule has 1 aromatic carbocycles. The molecule has 1 heterocycles. The summed E-state index contributed by atoms with van der Waals surface area (Å²) in [6.07, 6.45) is 5.86. The number of hydrogen-bond donors (Lipinski definition) is 1. The van der Waals surface area contributed by atoms with Crippen LogP contribution in [-0.4, -0.2) is 18.4 Å². The van der Waals surface area contributed by atoms with Gasteiger partial charge in [-0.05, 0) is 36.8 Å². The van der Waals surface area contributed by atoms with Gasteiger partial charge in [-0.15, -0.1) is 0 Å². The van der Waals surface area contributed by atoms with Crippen LogP contribution in [0, 0.1) is 5.92 Å². The number of carbonyl (C=O) groups excluding carboxylic acids is 1. The molecule has 2 N–H and O–H groups in total. The maximum Gasteiger partial charge on any atom is 0.138 e. The van der Waals surface area contributed by atoms with Crippen LogP contribution in [0.1, 0.15) is 50.0 Å². The molecule has 108 valence electrons. The molecule has 1 aliphatic carbocycles. The number of para-hydroxylation sites is 1. The molecule has 0 bridgehead atoms. The fourth-order valence-electron chi connectivity index (χ4n) is 3.58. The van der Waals surface area contributed by atoms with E-state index >= 15 is 0 Å². The van der Waals surface area contributed by atoms with Gasteiger partial charge in [-0.2, -0.15) is 0 Å². The van der Waals surface area contributed by atoms with E-state index in [1.807, 2.05) is 18.2 Å². The molecule has 1 fully saturated rings. The highest BCUT2D eigenvalue weighted by Crippen LogP contribution is 2.37. The van der Waals surface area contributed by atoms with Crippen molar-refractivity contribution in [2.45, 2.75) is 50.5 Å². The quantitative estimate of drug-likeness (QED) is 0.921. The van der Waals surface area contributed by atoms with Crippen LogP contribution in [0.25, 0.3) is 0 Å². The Morgan fingerprint density at radius 3 is 2.85 bits per heavy atom. The summed E-state index contributed by atoms with van der Waals surface area (Å²) in [6.45, 7) is 0.714. The van der Waals surface area contributed by atoms with E-state index in [9.17, 15) is 4.79 Å². The molecule has 1 saturated carbocycles. The fourth-order valence-corrected chi connectivity index (χ4v) is 3.58. The summed E-state index contributed by atoms with van der Waals surface area (Å²) in [4.78, 5) is 12.6. The van der Waals surface area contributed by atoms with E-state index < -0.39 is 0 Å². The summed E-state index contributed by atoms with van der Waals surface area (Å²) >= 11 is 0. The van der Waals surface area contributed by atoms with Gasteiger partial charge < -0.3 is 10.5 Å². The fraction of sp³-hybridized carbons (Fsp3) is 0.588. The monoisotopic (exact) mass is 273 g/mol. The zero-order valence-corrected chi connectivity index (χ0v) is 11.9. The third-order valence-electron chi connectivity index (χ3n) is 4.76. The average Bonchev–Trinajstić information content (AvgIpc) is 2.48. The Morgan fingerprint density at radius 2 is 2.00 bits per heavy atom. The summed E-state index contributed by atoms with van der Waals surface area (Å²) in [5.74, 6) is 1.70. The molecule has 3 atom stereocenters. The lowest BCUT2D eigenvalue weighted by molar-refractivity contribution is -0.124. The Balaban J connectivity index is 1.70. The van der Waals surface area contributed by atoms with E-state index in [-0.39, 0.29) is 12.0 Å². The number of carbonyl (C=O) groups is 1. The molecule has 2 aliphatic rings. The molecular formula is C17H23NO2. The molecule has 0 spiro atoms. The van der Waals surface area contributed by atoms with Crippen LogP contribution in [0.4, 0.5) is 0 Å². The Hall–Kier alpha value is -1.35. The summed E-state index contributed by atoms with van der Waals surface area (Å²) in [5.41, 5.74) is 7.33. The summed E-state index contributed by atoms with van der Waals surface area (Å²) in [6, 6.07) is 8.18. The second-order valence-corrected chi connectivity index (χ2v) is 6.10. The first kappa shape index (κ1) is 13.6. The molecule has 3 unspecified atom stereocenters. The summed E-state index contributed by atoms with van der Waals surface area (Å²) in [7, 11) is 0. The first-order valence-corrected chi connectivity index (χ1v) is 7.75. The van der Waals surface area contributed by atoms with E-state index in [1.54, 1.807) is 0 Å². The van der Waals surface area contributed by atoms with Crippen molar-refractivity contribution in [2.75, 3.05) is 6.61 Å². The van der Waals surface area contributed by atoms with E-state index in [2.05, 4.69) is 6.07 Å². The lowest BCUT2D eigenvalue weighted by atomic mass is 9.78. The van der Waals surface area contributed by atoms with Crippen molar-refractivity contribution in [3.05, 3.63) is 29.8 Å². The topological polar surface area (TPSA) is 52.3 Å². The lowest BCUT2D eigenvalue weighted by Crippen LogP contribution is -2.38. The molecule has 20 heavy (non-hydrogen) atoms. The van der Waals surface area contributed by atoms with Gasteiger partial charge in [0.15, 0.2) is 0 Å². The predicted octanol–water partition coefficient (Wildman–Crippen LogP) is 3.03. The first-order chi connectivity index (χ1) is 9.75. The SMILES string of the molecule is NC1CCCCC1C(=O)CC1CCOc2ccccc21. The Kier molecular flexibility index (Phi) is 4.06. The van der Waals surface area contributed by atoms with Crippen LogP contribution in [0.2, 0.25) is 0 Å². The van der Waals surface area contributed by atoms with Gasteiger partial charge in [0.05, 0.1) is 6.61 Å². The maximum atomic E-state index is 12.6. The van der Waals surface area contributed by atoms with Gasteiger partial charge in [0.1, 0.15) is 11.5 Å². The van der Waals surface area contributed by atoms with E-state index in [4.69, 9.17) is 10.5 Å². The average molecular weight is 273 g/mol. The van der Waals surface area contributed by atoms with Crippen molar-refractivity contribution >= 4 is 5.78 Å². The maximum absolute atomic E-state index is 12.6. The standard InChI is InChI=1S/C17H23NO2/c18-15-7-3-1-6-14(15)16(19)11-12-9-10-20-17-8-4-2-5-13(12)17/h2,4-5,8,12,14-15H,1,3,6-7,9-11,18H2. The number of ether oxygens (including phenoxy) is 1. The number of nitrogens with two attached hydrogens (primary N) is 1. The number of rotatable bonds is 3. The highest BCUT2D eigenvalue weighted by atomic mass is 16.5. The van der Waals surface area contributed by atoms with Gasteiger partial charge in [0, 0.05) is 18.4 Å². The third kappa shape index (κ3) is 2.73. The molecule has 0 amide bonds. The second kappa shape index (κ2) is 5.96. The number of hydrogen-bond acceptors (Lipinski definition) is 3. The largest absolute Gasteiger partial charge is 0.493 e. The molecule has 0 radical (unpaired) electrons. The van der Waals surface area contributed by atoms with Crippen molar-refractivity contribution in [3.63, 3.8) is 0 Å². The third-order valence-corrected chi connectivity index (χ3v) is 4.76. The zero-order chi connectivity index (χ0) is 13.9. The Morgan fingerprint density at radius 1 is 1.20 bits per heavy atom. The van der Waals surface area contributed by atoms with E-state index in [1.165, 1.54) is 12.0 Å². The normalized spacial score (nSPS) is 29.4. The van der Waals surface area contributed by atoms with Gasteiger partial charge in [0.2, 0.25) is 0 Å². The second-order valence-electron chi connectivity index (χ2n) is 6.10. The minimum Gasteiger partial charge on any atom is -0.493 e. The van der Waals surface area contributed by atoms with E-state index in [0.29, 0.717) is 24.7 Å². The van der Waals surface area contributed by atoms with Crippen LogP contribution in [-0.2, 0) is 4.79 Å². The summed E-state index contributed by atoms with van der Waals surface area (Å²) < 4.78 is 5.67. The van der Waals surface area contributed by atoms with Crippen molar-refractivity contribution in [1.29, 1.82) is 0 Å². The highest BCUT2D eigenvalue weighted by molar-refractivity contribution is 5.82. The zero-order valence-electron chi connectivity index (χ0n) is 11.9. The number of Topliss-reactive ketones (excluding diaryl/α,β-unsaturated/α-hetero) is 1. The van der Waals surface area contributed by atoms with Crippen molar-refractivity contribution in [1.82, 2.24) is 0 Å². The van der Waals surface area contributed by atoms with Gasteiger partial charge in [0.25, 0.3) is 0 Å². The van der Waals surface area contributed by atoms with Crippen LogP contribution in [0.5, 0.6) is 5.75 Å². The molecule has 1 aliphatic heterocycles. The van der Waals surface area contributed by atoms with Gasteiger partial charge in [-0.1, -0.05) is 31.0 Å².